The van der Waals surface area contributed by atoms with Crippen LogP contribution in [0.2, 0.25) is 0 Å². The van der Waals surface area contributed by atoms with Crippen LogP contribution in [0.3, 0.4) is 0 Å². The number of carbonyl (C=O) groups excluding carboxylic acids is 1. The standard InChI is InChI=1S/C15H28O7/c1-4-14(21-12-19-9-7-17-2)11-15(5-6-16)22-13-20-10-8-18-3/h4,6,14-15H,1,5,7-13H2,2-3H3/t14-,15-/m1/s1. The van der Waals surface area contributed by atoms with Crippen LogP contribution in [0.4, 0.5) is 0 Å². The SMILES string of the molecule is C=C[C@H](C[C@@H](CC=O)OCOCCOC)OCOCCOC. The third-order valence-electron chi connectivity index (χ3n) is 2.73. The lowest BCUT2D eigenvalue weighted by Crippen LogP contribution is -2.24. The summed E-state index contributed by atoms with van der Waals surface area (Å²) in [5.41, 5.74) is 0. The van der Waals surface area contributed by atoms with Gasteiger partial charge in [0.25, 0.3) is 0 Å². The zero-order chi connectivity index (χ0) is 16.5. The summed E-state index contributed by atoms with van der Waals surface area (Å²) in [5.74, 6) is 0. The molecular formula is C15H28O7. The van der Waals surface area contributed by atoms with Crippen molar-refractivity contribution in [1.29, 1.82) is 0 Å². The van der Waals surface area contributed by atoms with E-state index in [4.69, 9.17) is 28.4 Å². The first-order valence-corrected chi connectivity index (χ1v) is 7.21. The van der Waals surface area contributed by atoms with Gasteiger partial charge in [-0.15, -0.1) is 6.58 Å². The number of hydrogen-bond donors (Lipinski definition) is 0. The number of ether oxygens (including phenoxy) is 6. The monoisotopic (exact) mass is 320 g/mol. The van der Waals surface area contributed by atoms with Crippen LogP contribution in [0.1, 0.15) is 12.8 Å². The minimum absolute atomic E-state index is 0.107. The maximum absolute atomic E-state index is 10.7. The summed E-state index contributed by atoms with van der Waals surface area (Å²) in [7, 11) is 3.20. The van der Waals surface area contributed by atoms with Crippen LogP contribution < -0.4 is 0 Å². The fourth-order valence-corrected chi connectivity index (χ4v) is 1.51. The van der Waals surface area contributed by atoms with Crippen LogP contribution in [0.25, 0.3) is 0 Å². The number of rotatable bonds is 17. The second-order valence-corrected chi connectivity index (χ2v) is 4.41. The van der Waals surface area contributed by atoms with Crippen molar-refractivity contribution in [3.63, 3.8) is 0 Å². The summed E-state index contributed by atoms with van der Waals surface area (Å²) in [5, 5.41) is 0. The second-order valence-electron chi connectivity index (χ2n) is 4.41. The molecule has 0 aliphatic carbocycles. The van der Waals surface area contributed by atoms with Crippen LogP contribution in [0, 0.1) is 0 Å². The Bertz CT molecular complexity index is 260. The second kappa shape index (κ2) is 16.5. The van der Waals surface area contributed by atoms with E-state index in [0.717, 1.165) is 6.29 Å². The van der Waals surface area contributed by atoms with Crippen molar-refractivity contribution in [2.75, 3.05) is 54.2 Å². The highest BCUT2D eigenvalue weighted by molar-refractivity contribution is 5.50. The van der Waals surface area contributed by atoms with Gasteiger partial charge >= 0.3 is 0 Å². The van der Waals surface area contributed by atoms with Gasteiger partial charge in [0.15, 0.2) is 0 Å². The summed E-state index contributed by atoms with van der Waals surface area (Å²) >= 11 is 0. The van der Waals surface area contributed by atoms with E-state index in [2.05, 4.69) is 6.58 Å². The Labute approximate surface area is 132 Å². The van der Waals surface area contributed by atoms with Crippen molar-refractivity contribution >= 4 is 6.29 Å². The Morgan fingerprint density at radius 1 is 0.955 bits per heavy atom. The maximum atomic E-state index is 10.7. The molecule has 130 valence electrons. The largest absolute Gasteiger partial charge is 0.382 e. The molecule has 22 heavy (non-hydrogen) atoms. The van der Waals surface area contributed by atoms with Gasteiger partial charge in [-0.1, -0.05) is 6.08 Å². The Kier molecular flexibility index (Phi) is 15.9. The van der Waals surface area contributed by atoms with Crippen LogP contribution in [-0.2, 0) is 33.2 Å². The molecule has 0 amide bonds. The van der Waals surface area contributed by atoms with Crippen molar-refractivity contribution < 1.29 is 33.2 Å². The van der Waals surface area contributed by atoms with E-state index in [9.17, 15) is 4.79 Å². The number of carbonyl (C=O) groups is 1. The van der Waals surface area contributed by atoms with Crippen molar-refractivity contribution in [3.8, 4) is 0 Å². The van der Waals surface area contributed by atoms with Crippen LogP contribution >= 0.6 is 0 Å². The summed E-state index contributed by atoms with van der Waals surface area (Å²) in [6.07, 6.45) is 2.70. The molecule has 0 aromatic carbocycles. The predicted octanol–water partition coefficient (Wildman–Crippen LogP) is 1.16. The number of aldehydes is 1. The first-order valence-electron chi connectivity index (χ1n) is 7.21. The summed E-state index contributed by atoms with van der Waals surface area (Å²) < 4.78 is 31.2. The molecule has 0 fully saturated rings. The van der Waals surface area contributed by atoms with E-state index in [-0.39, 0.29) is 32.2 Å². The minimum atomic E-state index is -0.290. The van der Waals surface area contributed by atoms with Gasteiger partial charge in [0.2, 0.25) is 0 Å². The van der Waals surface area contributed by atoms with Crippen LogP contribution in [0.5, 0.6) is 0 Å². The van der Waals surface area contributed by atoms with E-state index < -0.39 is 0 Å². The highest BCUT2D eigenvalue weighted by Gasteiger charge is 2.15. The van der Waals surface area contributed by atoms with Crippen LogP contribution in [0.15, 0.2) is 12.7 Å². The van der Waals surface area contributed by atoms with E-state index >= 15 is 0 Å². The molecule has 7 heteroatoms. The fourth-order valence-electron chi connectivity index (χ4n) is 1.51. The molecule has 0 heterocycles. The van der Waals surface area contributed by atoms with Crippen LogP contribution in [-0.4, -0.2) is 72.7 Å². The Morgan fingerprint density at radius 3 is 2.05 bits per heavy atom. The lowest BCUT2D eigenvalue weighted by atomic mass is 10.1. The first kappa shape index (κ1) is 21.2. The summed E-state index contributed by atoms with van der Waals surface area (Å²) in [6, 6.07) is 0. The Morgan fingerprint density at radius 2 is 1.55 bits per heavy atom. The maximum Gasteiger partial charge on any atom is 0.147 e. The van der Waals surface area contributed by atoms with Gasteiger partial charge in [-0.2, -0.15) is 0 Å². The third kappa shape index (κ3) is 12.9. The van der Waals surface area contributed by atoms with Gasteiger partial charge in [0.05, 0.1) is 38.6 Å². The smallest absolute Gasteiger partial charge is 0.147 e. The lowest BCUT2D eigenvalue weighted by molar-refractivity contribution is -0.131. The molecule has 0 saturated heterocycles. The Hall–Kier alpha value is -0.830. The summed E-state index contributed by atoms with van der Waals surface area (Å²) in [4.78, 5) is 10.7. The molecule has 0 bridgehead atoms. The molecular weight excluding hydrogens is 292 g/mol. The van der Waals surface area contributed by atoms with Gasteiger partial charge < -0.3 is 33.2 Å². The van der Waals surface area contributed by atoms with Gasteiger partial charge in [-0.25, -0.2) is 0 Å². The summed E-state index contributed by atoms with van der Waals surface area (Å²) in [6.45, 7) is 5.87. The molecule has 0 saturated carbocycles. The molecule has 0 unspecified atom stereocenters. The van der Waals surface area contributed by atoms with E-state index in [0.29, 0.717) is 32.8 Å². The molecule has 0 N–H and O–H groups in total. The molecule has 0 aliphatic rings. The minimum Gasteiger partial charge on any atom is -0.382 e. The normalized spacial score (nSPS) is 13.7. The van der Waals surface area contributed by atoms with E-state index in [1.807, 2.05) is 0 Å². The molecule has 0 aliphatic heterocycles. The molecule has 0 aromatic heterocycles. The number of methoxy groups -OCH3 is 2. The van der Waals surface area contributed by atoms with Gasteiger partial charge in [0, 0.05) is 27.1 Å². The number of hydrogen-bond acceptors (Lipinski definition) is 7. The molecule has 0 radical (unpaired) electrons. The van der Waals surface area contributed by atoms with E-state index in [1.54, 1.807) is 20.3 Å². The quantitative estimate of drug-likeness (QED) is 0.172. The highest BCUT2D eigenvalue weighted by Crippen LogP contribution is 2.10. The van der Waals surface area contributed by atoms with Crippen molar-refractivity contribution in [1.82, 2.24) is 0 Å². The first-order chi connectivity index (χ1) is 10.8. The zero-order valence-electron chi connectivity index (χ0n) is 13.5. The molecule has 0 spiro atoms. The topological polar surface area (TPSA) is 72.5 Å². The highest BCUT2D eigenvalue weighted by atomic mass is 16.7. The van der Waals surface area contributed by atoms with Crippen molar-refractivity contribution in [2.45, 2.75) is 25.0 Å². The molecule has 0 rings (SSSR count). The van der Waals surface area contributed by atoms with Crippen molar-refractivity contribution in [3.05, 3.63) is 12.7 Å². The van der Waals surface area contributed by atoms with Crippen molar-refractivity contribution in [2.24, 2.45) is 0 Å². The van der Waals surface area contributed by atoms with Gasteiger partial charge in [0.1, 0.15) is 19.9 Å². The third-order valence-corrected chi connectivity index (χ3v) is 2.73. The van der Waals surface area contributed by atoms with Gasteiger partial charge in [-0.05, 0) is 0 Å². The average molecular weight is 320 g/mol. The zero-order valence-corrected chi connectivity index (χ0v) is 13.5. The fraction of sp³-hybridized carbons (Fsp3) is 0.800. The molecule has 2 atom stereocenters. The molecule has 7 nitrogen and oxygen atoms in total. The predicted molar refractivity (Wildman–Crippen MR) is 80.6 cm³/mol. The molecule has 0 aromatic rings. The lowest BCUT2D eigenvalue weighted by Gasteiger charge is -2.20. The van der Waals surface area contributed by atoms with Gasteiger partial charge in [-0.3, -0.25) is 0 Å². The average Bonchev–Trinajstić information content (AvgIpc) is 2.53. The van der Waals surface area contributed by atoms with E-state index in [1.165, 1.54) is 0 Å². The Balaban J connectivity index is 3.92.